The zero-order valence-corrected chi connectivity index (χ0v) is 15.9. The van der Waals surface area contributed by atoms with Crippen molar-refractivity contribution in [2.45, 2.75) is 81.1 Å². The first kappa shape index (κ1) is 42.9. The quantitative estimate of drug-likeness (QED) is 0.475. The molecule has 0 saturated carbocycles. The van der Waals surface area contributed by atoms with E-state index in [0.717, 1.165) is 12.8 Å². The Kier molecular flexibility index (Phi) is 388. The first-order valence-electron chi connectivity index (χ1n) is 6.98. The van der Waals surface area contributed by atoms with E-state index < -0.39 is 0 Å². The van der Waals surface area contributed by atoms with Gasteiger partial charge in [-0.05, 0) is 0 Å². The molecule has 0 atom stereocenters. The molecule has 0 bridgehead atoms. The van der Waals surface area contributed by atoms with Gasteiger partial charge in [-0.25, -0.2) is 0 Å². The monoisotopic (exact) mass is 295 g/mol. The van der Waals surface area contributed by atoms with E-state index in [1.165, 1.54) is 12.8 Å². The maximum absolute atomic E-state index is 4.90. The Bertz CT molecular complexity index is 40.9. The van der Waals surface area contributed by atoms with E-state index in [2.05, 4.69) is 34.6 Å². The first-order chi connectivity index (χ1) is 8.24. The van der Waals surface area contributed by atoms with Gasteiger partial charge in [0.25, 0.3) is 0 Å². The van der Waals surface area contributed by atoms with Crippen molar-refractivity contribution in [3.8, 4) is 0 Å². The van der Waals surface area contributed by atoms with Crippen LogP contribution in [0.15, 0.2) is 6.08 Å². The van der Waals surface area contributed by atoms with Gasteiger partial charge in [0.1, 0.15) is 0 Å². The molecule has 1 heteroatoms. The van der Waals surface area contributed by atoms with E-state index in [1.807, 2.05) is 27.7 Å². The Balaban J connectivity index is -0.0000000165. The van der Waals surface area contributed by atoms with E-state index in [9.17, 15) is 0 Å². The largest absolute Gasteiger partial charge is 4.00 e. The van der Waals surface area contributed by atoms with Crippen LogP contribution in [0.3, 0.4) is 0 Å². The van der Waals surface area contributed by atoms with Gasteiger partial charge in [0.15, 0.2) is 0 Å². The van der Waals surface area contributed by atoms with Crippen molar-refractivity contribution in [3.05, 3.63) is 33.4 Å². The summed E-state index contributed by atoms with van der Waals surface area (Å²) in [5.41, 5.74) is 0. The second kappa shape index (κ2) is 163. The molecule has 0 fully saturated rings. The third kappa shape index (κ3) is 710. The van der Waals surface area contributed by atoms with E-state index in [1.54, 1.807) is 19.9 Å². The summed E-state index contributed by atoms with van der Waals surface area (Å²) in [6, 6.07) is 0. The molecule has 18 heavy (non-hydrogen) atoms. The summed E-state index contributed by atoms with van der Waals surface area (Å²) in [6.45, 7) is 30.8. The van der Waals surface area contributed by atoms with Gasteiger partial charge >= 0.3 is 18.6 Å². The normalized spacial score (nSPS) is 5.06. The zero-order valence-electron chi connectivity index (χ0n) is 14.6. The molecular formula is C17H40V. The van der Waals surface area contributed by atoms with Crippen molar-refractivity contribution in [2.24, 2.45) is 0 Å². The summed E-state index contributed by atoms with van der Waals surface area (Å²) in [5, 5.41) is 0. The summed E-state index contributed by atoms with van der Waals surface area (Å²) in [5.74, 6) is 0. The summed E-state index contributed by atoms with van der Waals surface area (Å²) in [7, 11) is 0. The first-order valence-corrected chi connectivity index (χ1v) is 6.98. The Morgan fingerprint density at radius 2 is 0.944 bits per heavy atom. The minimum absolute atomic E-state index is 0. The van der Waals surface area contributed by atoms with Gasteiger partial charge in [-0.1, -0.05) is 60.8 Å². The fourth-order valence-electron chi connectivity index (χ4n) is 0. The van der Waals surface area contributed by atoms with Crippen LogP contribution in [0.5, 0.6) is 0 Å². The van der Waals surface area contributed by atoms with Gasteiger partial charge < -0.3 is 27.4 Å². The number of rotatable bonds is 2. The van der Waals surface area contributed by atoms with Crippen LogP contribution < -0.4 is 0 Å². The molecule has 0 saturated heterocycles. The average Bonchev–Trinajstić information content (AvgIpc) is 2.46. The van der Waals surface area contributed by atoms with Gasteiger partial charge in [-0.3, -0.25) is 6.08 Å². The van der Waals surface area contributed by atoms with Crippen LogP contribution >= 0.6 is 0 Å². The molecule has 0 aliphatic carbocycles. The molecule has 0 aromatic carbocycles. The fraction of sp³-hybridized carbons (Fsp3) is 0.706. The molecular weight excluding hydrogens is 255 g/mol. The number of hydrogen-bond acceptors (Lipinski definition) is 0. The Labute approximate surface area is 133 Å². The molecule has 0 aliphatic heterocycles. The van der Waals surface area contributed by atoms with E-state index in [-0.39, 0.29) is 18.6 Å². The van der Waals surface area contributed by atoms with E-state index >= 15 is 0 Å². The van der Waals surface area contributed by atoms with Crippen LogP contribution in [0.25, 0.3) is 0 Å². The molecule has 0 amide bonds. The molecule has 0 unspecified atom stereocenters. The third-order valence-corrected chi connectivity index (χ3v) is 0.736. The molecule has 0 N–H and O–H groups in total. The van der Waals surface area contributed by atoms with Crippen LogP contribution in [0.2, 0.25) is 0 Å². The number of unbranched alkanes of at least 4 members (excludes halogenated alkanes) is 1. The van der Waals surface area contributed by atoms with Gasteiger partial charge in [-0.15, -0.1) is 0 Å². The maximum Gasteiger partial charge on any atom is 4.00 e. The van der Waals surface area contributed by atoms with Gasteiger partial charge in [-0.2, -0.15) is 20.3 Å². The van der Waals surface area contributed by atoms with Gasteiger partial charge in [0.2, 0.25) is 0 Å². The average molecular weight is 295 g/mol. The molecule has 0 aliphatic rings. The van der Waals surface area contributed by atoms with Crippen molar-refractivity contribution in [2.75, 3.05) is 0 Å². The molecule has 0 aromatic rings. The molecule has 0 aromatic heterocycles. The van der Waals surface area contributed by atoms with Crippen LogP contribution in [-0.4, -0.2) is 0 Å². The summed E-state index contributed by atoms with van der Waals surface area (Å²) >= 11 is 0. The Morgan fingerprint density at radius 1 is 0.833 bits per heavy atom. The van der Waals surface area contributed by atoms with Crippen molar-refractivity contribution in [3.63, 3.8) is 0 Å². The van der Waals surface area contributed by atoms with Crippen LogP contribution in [0.1, 0.15) is 81.1 Å². The van der Waals surface area contributed by atoms with E-state index in [0.29, 0.717) is 0 Å². The molecule has 0 rings (SSSR count). The summed E-state index contributed by atoms with van der Waals surface area (Å²) in [4.78, 5) is 0. The SMILES string of the molecule is CC.CCCC.[CH-]=CCC.[CH2-]C.[CH2-]C.[CH2-]CC.[V+4]. The Morgan fingerprint density at radius 3 is 0.944 bits per heavy atom. The molecule has 1 radical (unpaired) electrons. The molecule has 113 valence electrons. The van der Waals surface area contributed by atoms with Crippen molar-refractivity contribution in [1.82, 2.24) is 0 Å². The fourth-order valence-corrected chi connectivity index (χ4v) is 0. The third-order valence-electron chi connectivity index (χ3n) is 0.736. The van der Waals surface area contributed by atoms with Gasteiger partial charge in [0.05, 0.1) is 0 Å². The maximum atomic E-state index is 4.90. The second-order valence-corrected chi connectivity index (χ2v) is 2.14. The van der Waals surface area contributed by atoms with Crippen molar-refractivity contribution >= 4 is 0 Å². The smallest absolute Gasteiger partial charge is 0.518 e. The predicted molar refractivity (Wildman–Crippen MR) is 88.8 cm³/mol. The standard InChI is InChI=1S/C4H10.C4H7.C3H7.C2H6.2C2H5.V/c2*1-3-4-2;1-3-2;3*1-2;/h3-4H2,1-2H3;1,3H,4H2,2H3;1,3H2,2H3;1-2H3;2*1H2,2H3;/q;2*-1;;2*-1;+4. The van der Waals surface area contributed by atoms with Gasteiger partial charge in [0, 0.05) is 0 Å². The van der Waals surface area contributed by atoms with Crippen LogP contribution in [0.4, 0.5) is 0 Å². The minimum Gasteiger partial charge on any atom is -0.518 e. The minimum atomic E-state index is 0. The van der Waals surface area contributed by atoms with Crippen LogP contribution in [-0.2, 0) is 18.6 Å². The summed E-state index contributed by atoms with van der Waals surface area (Å²) in [6.07, 6.45) is 6.24. The van der Waals surface area contributed by atoms with Crippen molar-refractivity contribution in [1.29, 1.82) is 0 Å². The second-order valence-electron chi connectivity index (χ2n) is 2.14. The number of allylic oxidation sites excluding steroid dienone is 1. The molecule has 0 spiro atoms. The predicted octanol–water partition coefficient (Wildman–Crippen LogP) is 7.13. The molecule has 0 nitrogen and oxygen atoms in total. The summed E-state index contributed by atoms with van der Waals surface area (Å²) < 4.78 is 0. The Hall–Kier alpha value is 0.324. The molecule has 0 heterocycles. The number of hydrogen-bond donors (Lipinski definition) is 0. The van der Waals surface area contributed by atoms with E-state index in [4.69, 9.17) is 6.58 Å². The zero-order chi connectivity index (χ0) is 15.5. The van der Waals surface area contributed by atoms with Crippen LogP contribution in [0, 0.1) is 27.4 Å². The topological polar surface area (TPSA) is 0 Å². The van der Waals surface area contributed by atoms with Crippen molar-refractivity contribution < 1.29 is 18.6 Å².